The lowest BCUT2D eigenvalue weighted by Crippen LogP contribution is -2.29. The van der Waals surface area contributed by atoms with Crippen LogP contribution >= 0.6 is 0 Å². The second-order valence-corrected chi connectivity index (χ2v) is 7.82. The van der Waals surface area contributed by atoms with Gasteiger partial charge < -0.3 is 4.90 Å². The van der Waals surface area contributed by atoms with E-state index in [1.165, 1.54) is 18.2 Å². The van der Waals surface area contributed by atoms with Crippen LogP contribution in [0.3, 0.4) is 0 Å². The van der Waals surface area contributed by atoms with Crippen LogP contribution in [0.2, 0.25) is 0 Å². The van der Waals surface area contributed by atoms with Crippen molar-refractivity contribution >= 4 is 21.2 Å². The summed E-state index contributed by atoms with van der Waals surface area (Å²) < 4.78 is 25.7. The Morgan fingerprint density at radius 3 is 2.33 bits per heavy atom. The number of nitro groups is 1. The maximum absolute atomic E-state index is 12.9. The second kappa shape index (κ2) is 5.76. The van der Waals surface area contributed by atoms with E-state index in [0.29, 0.717) is 17.8 Å². The monoisotopic (exact) mass is 344 g/mol. The molecule has 3 rings (SSSR count). The quantitative estimate of drug-likeness (QED) is 0.348. The first-order chi connectivity index (χ1) is 11.4. The molecule has 2 aromatic rings. The minimum absolute atomic E-state index is 0.0279. The van der Waals surface area contributed by atoms with Crippen LogP contribution in [0.1, 0.15) is 5.56 Å². The third-order valence-electron chi connectivity index (χ3n) is 4.15. The summed E-state index contributed by atoms with van der Waals surface area (Å²) in [5, 5.41) is 10.8. The fraction of sp³-hybridized carbons (Fsp3) is 0.176. The average molecular weight is 344 g/mol. The smallest absolute Gasteiger partial charge is 0.269 e. The van der Waals surface area contributed by atoms with Gasteiger partial charge in [-0.3, -0.25) is 10.1 Å². The highest BCUT2D eigenvalue weighted by atomic mass is 32.2. The zero-order valence-electron chi connectivity index (χ0n) is 12.8. The van der Waals surface area contributed by atoms with E-state index in [-0.39, 0.29) is 11.4 Å². The van der Waals surface area contributed by atoms with Gasteiger partial charge in [0.15, 0.2) is 14.7 Å². The Hall–Kier alpha value is -2.67. The minimum atomic E-state index is -3.50. The lowest BCUT2D eigenvalue weighted by atomic mass is 10.1. The van der Waals surface area contributed by atoms with Gasteiger partial charge in [-0.05, 0) is 17.7 Å². The summed E-state index contributed by atoms with van der Waals surface area (Å²) in [6.45, 7) is 3.85. The summed E-state index contributed by atoms with van der Waals surface area (Å²) in [7, 11) is -3.50. The fourth-order valence-electron chi connectivity index (χ4n) is 2.92. The molecule has 0 radical (unpaired) electrons. The largest absolute Gasteiger partial charge is 0.344 e. The van der Waals surface area contributed by atoms with Crippen molar-refractivity contribution in [2.24, 2.45) is 0 Å². The Morgan fingerprint density at radius 2 is 1.79 bits per heavy atom. The molecule has 2 aromatic carbocycles. The van der Waals surface area contributed by atoms with Crippen molar-refractivity contribution in [2.75, 3.05) is 17.2 Å². The van der Waals surface area contributed by atoms with Gasteiger partial charge in [-0.25, -0.2) is 8.42 Å². The number of anilines is 1. The molecule has 0 N–H and O–H groups in total. The maximum atomic E-state index is 12.9. The van der Waals surface area contributed by atoms with Gasteiger partial charge in [0.25, 0.3) is 5.69 Å². The Morgan fingerprint density at radius 1 is 1.17 bits per heavy atom. The van der Waals surface area contributed by atoms with Crippen molar-refractivity contribution in [1.82, 2.24) is 0 Å². The molecule has 0 spiro atoms. The van der Waals surface area contributed by atoms with Gasteiger partial charge in [-0.1, -0.05) is 36.4 Å². The van der Waals surface area contributed by atoms with Crippen LogP contribution < -0.4 is 4.90 Å². The summed E-state index contributed by atoms with van der Waals surface area (Å²) in [5.41, 5.74) is 1.29. The van der Waals surface area contributed by atoms with E-state index in [1.807, 2.05) is 6.07 Å². The number of nitrogens with zero attached hydrogens (tertiary/aromatic N) is 2. The molecule has 1 atom stereocenters. The molecule has 1 saturated heterocycles. The van der Waals surface area contributed by atoms with E-state index >= 15 is 0 Å². The molecule has 1 unspecified atom stereocenters. The number of benzene rings is 2. The molecule has 24 heavy (non-hydrogen) atoms. The molecule has 1 aliphatic heterocycles. The lowest BCUT2D eigenvalue weighted by Gasteiger charge is -2.19. The molecule has 1 heterocycles. The van der Waals surface area contributed by atoms with Gasteiger partial charge in [-0.15, -0.1) is 6.58 Å². The molecule has 7 heteroatoms. The van der Waals surface area contributed by atoms with Crippen molar-refractivity contribution in [3.8, 4) is 0 Å². The van der Waals surface area contributed by atoms with Crippen molar-refractivity contribution < 1.29 is 13.3 Å². The van der Waals surface area contributed by atoms with Crippen LogP contribution in [-0.2, 0) is 14.7 Å². The van der Waals surface area contributed by atoms with Crippen molar-refractivity contribution in [3.63, 3.8) is 0 Å². The van der Waals surface area contributed by atoms with Crippen LogP contribution in [0, 0.1) is 10.1 Å². The van der Waals surface area contributed by atoms with E-state index in [9.17, 15) is 18.5 Å². The van der Waals surface area contributed by atoms with Crippen LogP contribution in [0.4, 0.5) is 11.4 Å². The van der Waals surface area contributed by atoms with Gasteiger partial charge >= 0.3 is 0 Å². The first-order valence-electron chi connectivity index (χ1n) is 7.33. The molecule has 0 aliphatic carbocycles. The van der Waals surface area contributed by atoms with Gasteiger partial charge in [0, 0.05) is 17.8 Å². The van der Waals surface area contributed by atoms with Gasteiger partial charge in [0.05, 0.1) is 17.2 Å². The molecule has 1 aliphatic rings. The Bertz CT molecular complexity index is 879. The third kappa shape index (κ3) is 2.46. The molecule has 0 saturated carbocycles. The zero-order valence-corrected chi connectivity index (χ0v) is 13.6. The van der Waals surface area contributed by atoms with Gasteiger partial charge in [0.2, 0.25) is 0 Å². The lowest BCUT2D eigenvalue weighted by molar-refractivity contribution is -0.384. The molecule has 0 bridgehead atoms. The number of hydrogen-bond donors (Lipinski definition) is 0. The SMILES string of the molecule is C=CCS(=O)(=O)C1(c2ccccc2)CN1c1ccc([N+](=O)[O-])cc1. The van der Waals surface area contributed by atoms with E-state index in [1.54, 1.807) is 41.3 Å². The van der Waals surface area contributed by atoms with E-state index in [2.05, 4.69) is 6.58 Å². The molecule has 0 amide bonds. The summed E-state index contributed by atoms with van der Waals surface area (Å²) in [5.74, 6) is -0.134. The Kier molecular flexibility index (Phi) is 3.88. The Balaban J connectivity index is 2.04. The summed E-state index contributed by atoms with van der Waals surface area (Å²) in [6, 6.07) is 14.9. The van der Waals surface area contributed by atoms with Crippen LogP contribution in [-0.4, -0.2) is 25.6 Å². The summed E-state index contributed by atoms with van der Waals surface area (Å²) >= 11 is 0. The first kappa shape index (κ1) is 16.2. The highest BCUT2D eigenvalue weighted by Crippen LogP contribution is 2.50. The predicted molar refractivity (Wildman–Crippen MR) is 92.5 cm³/mol. The van der Waals surface area contributed by atoms with E-state index < -0.39 is 19.6 Å². The first-order valence-corrected chi connectivity index (χ1v) is 8.98. The highest BCUT2D eigenvalue weighted by molar-refractivity contribution is 7.93. The zero-order chi connectivity index (χ0) is 17.4. The molecule has 124 valence electrons. The minimum Gasteiger partial charge on any atom is -0.344 e. The molecule has 1 fully saturated rings. The third-order valence-corrected chi connectivity index (χ3v) is 6.44. The number of sulfone groups is 1. The fourth-order valence-corrected chi connectivity index (χ4v) is 4.77. The average Bonchev–Trinajstić information content (AvgIpc) is 3.33. The topological polar surface area (TPSA) is 80.3 Å². The summed E-state index contributed by atoms with van der Waals surface area (Å²) in [4.78, 5) is 10.9. The maximum Gasteiger partial charge on any atom is 0.269 e. The number of nitro benzene ring substituents is 1. The Labute approximate surface area is 140 Å². The number of hydrogen-bond acceptors (Lipinski definition) is 5. The summed E-state index contributed by atoms with van der Waals surface area (Å²) in [6.07, 6.45) is 1.38. The van der Waals surface area contributed by atoms with E-state index in [4.69, 9.17) is 0 Å². The van der Waals surface area contributed by atoms with Crippen LogP contribution in [0.25, 0.3) is 0 Å². The number of non-ortho nitro benzene ring substituents is 1. The normalized spacial score (nSPS) is 19.8. The van der Waals surface area contributed by atoms with Gasteiger partial charge in [0.1, 0.15) is 0 Å². The second-order valence-electron chi connectivity index (χ2n) is 5.58. The van der Waals surface area contributed by atoms with Gasteiger partial charge in [-0.2, -0.15) is 0 Å². The molecule has 0 aromatic heterocycles. The van der Waals surface area contributed by atoms with Crippen LogP contribution in [0.15, 0.2) is 67.3 Å². The van der Waals surface area contributed by atoms with Crippen molar-refractivity contribution in [1.29, 1.82) is 0 Å². The molecular weight excluding hydrogens is 328 g/mol. The molecular formula is C17H16N2O4S. The standard InChI is InChI=1S/C17H16N2O4S/c1-2-12-24(22,23)17(14-6-4-3-5-7-14)13-18(17)15-8-10-16(11-9-15)19(20)21/h2-11H,1,12-13H2. The van der Waals surface area contributed by atoms with Crippen molar-refractivity contribution in [2.45, 2.75) is 4.87 Å². The van der Waals surface area contributed by atoms with Crippen molar-refractivity contribution in [3.05, 3.63) is 82.9 Å². The predicted octanol–water partition coefficient (Wildman–Crippen LogP) is 2.87. The highest BCUT2D eigenvalue weighted by Gasteiger charge is 2.62. The molecule has 6 nitrogen and oxygen atoms in total. The van der Waals surface area contributed by atoms with E-state index in [0.717, 1.165) is 0 Å². The van der Waals surface area contributed by atoms with Crippen LogP contribution in [0.5, 0.6) is 0 Å². The number of rotatable bonds is 6.